The maximum atomic E-state index is 13.1. The number of hydrogen-bond donors (Lipinski definition) is 0. The Morgan fingerprint density at radius 3 is 2.61 bits per heavy atom. The Labute approximate surface area is 160 Å². The number of halogens is 1. The van der Waals surface area contributed by atoms with Gasteiger partial charge in [-0.2, -0.15) is 5.10 Å². The van der Waals surface area contributed by atoms with Crippen LogP contribution in [-0.4, -0.2) is 38.2 Å². The van der Waals surface area contributed by atoms with Crippen LogP contribution in [0, 0.1) is 17.2 Å². The van der Waals surface area contributed by atoms with Gasteiger partial charge in [-0.15, -0.1) is 0 Å². The van der Waals surface area contributed by atoms with Crippen LogP contribution in [0.2, 0.25) is 0 Å². The lowest BCUT2D eigenvalue weighted by molar-refractivity contribution is -0.131. The Kier molecular flexibility index (Phi) is 3.79. The van der Waals surface area contributed by atoms with Crippen LogP contribution in [0.15, 0.2) is 33.9 Å². The standard InChI is InChI=1S/C20H21FN4O3/c21-15-5-1-13(2-6-15)10-25-19(28)18(27)24-12-20(9-16(24)22-25)7-8-23(11-20)17(26)14-3-4-14/h1-2,5-6,14H,3-4,7-12H2. The number of hydrogen-bond acceptors (Lipinski definition) is 4. The molecule has 1 spiro atoms. The fourth-order valence-electron chi connectivity index (χ4n) is 4.46. The maximum absolute atomic E-state index is 13.1. The summed E-state index contributed by atoms with van der Waals surface area (Å²) in [5.41, 5.74) is -0.745. The van der Waals surface area contributed by atoms with Crippen molar-refractivity contribution in [3.63, 3.8) is 0 Å². The number of nitrogens with zero attached hydrogens (tertiary/aromatic N) is 4. The lowest BCUT2D eigenvalue weighted by atomic mass is 9.86. The molecule has 1 amide bonds. The molecule has 8 heteroatoms. The fourth-order valence-corrected chi connectivity index (χ4v) is 4.46. The van der Waals surface area contributed by atoms with E-state index < -0.39 is 11.1 Å². The van der Waals surface area contributed by atoms with Gasteiger partial charge in [-0.1, -0.05) is 12.1 Å². The molecule has 1 saturated heterocycles. The Balaban J connectivity index is 1.41. The van der Waals surface area contributed by atoms with E-state index >= 15 is 0 Å². The number of carbonyl (C=O) groups excluding carboxylic acids is 1. The molecule has 1 saturated carbocycles. The minimum Gasteiger partial charge on any atom is -0.342 e. The minimum absolute atomic E-state index is 0.126. The topological polar surface area (TPSA) is 77.2 Å². The zero-order valence-corrected chi connectivity index (χ0v) is 15.4. The van der Waals surface area contributed by atoms with E-state index in [0.717, 1.165) is 19.3 Å². The molecule has 2 aliphatic heterocycles. The first-order chi connectivity index (χ1) is 13.4. The average molecular weight is 384 g/mol. The Morgan fingerprint density at radius 1 is 1.14 bits per heavy atom. The zero-order valence-electron chi connectivity index (χ0n) is 15.4. The van der Waals surface area contributed by atoms with E-state index in [-0.39, 0.29) is 29.6 Å². The highest BCUT2D eigenvalue weighted by molar-refractivity contribution is 5.81. The highest BCUT2D eigenvalue weighted by Crippen LogP contribution is 2.41. The summed E-state index contributed by atoms with van der Waals surface area (Å²) in [5.74, 6) is 0.647. The second-order valence-electron chi connectivity index (χ2n) is 8.36. The molecule has 3 heterocycles. The van der Waals surface area contributed by atoms with Gasteiger partial charge in [0.2, 0.25) is 5.91 Å². The maximum Gasteiger partial charge on any atom is 0.332 e. The fraction of sp³-hybridized carbons (Fsp3) is 0.500. The molecule has 0 radical (unpaired) electrons. The van der Waals surface area contributed by atoms with E-state index in [0.29, 0.717) is 37.4 Å². The Bertz CT molecular complexity index is 1070. The first kappa shape index (κ1) is 17.3. The highest BCUT2D eigenvalue weighted by atomic mass is 19.1. The number of fused-ring (bicyclic) bond motifs is 1. The highest BCUT2D eigenvalue weighted by Gasteiger charge is 2.47. The molecule has 1 aliphatic carbocycles. The molecule has 2 fully saturated rings. The second kappa shape index (κ2) is 6.12. The molecule has 3 aliphatic rings. The number of rotatable bonds is 3. The van der Waals surface area contributed by atoms with Crippen molar-refractivity contribution in [1.82, 2.24) is 19.2 Å². The van der Waals surface area contributed by atoms with Gasteiger partial charge < -0.3 is 4.90 Å². The van der Waals surface area contributed by atoms with Crippen LogP contribution < -0.4 is 11.1 Å². The van der Waals surface area contributed by atoms with Gasteiger partial charge in [-0.3, -0.25) is 19.0 Å². The molecule has 1 aromatic carbocycles. The molecule has 7 nitrogen and oxygen atoms in total. The number of carbonyl (C=O) groups is 1. The van der Waals surface area contributed by atoms with Crippen LogP contribution in [0.25, 0.3) is 0 Å². The van der Waals surface area contributed by atoms with E-state index in [4.69, 9.17) is 0 Å². The summed E-state index contributed by atoms with van der Waals surface area (Å²) in [6, 6.07) is 5.79. The van der Waals surface area contributed by atoms with Crippen molar-refractivity contribution < 1.29 is 9.18 Å². The lowest BCUT2D eigenvalue weighted by Gasteiger charge is -2.22. The van der Waals surface area contributed by atoms with Gasteiger partial charge in [-0.25, -0.2) is 9.07 Å². The zero-order chi connectivity index (χ0) is 19.5. The molecule has 28 heavy (non-hydrogen) atoms. The smallest absolute Gasteiger partial charge is 0.332 e. The first-order valence-corrected chi connectivity index (χ1v) is 9.68. The van der Waals surface area contributed by atoms with Crippen LogP contribution >= 0.6 is 0 Å². The third-order valence-electron chi connectivity index (χ3n) is 6.16. The molecule has 1 atom stereocenters. The average Bonchev–Trinajstić information content (AvgIpc) is 3.36. The largest absolute Gasteiger partial charge is 0.342 e. The number of benzene rings is 1. The quantitative estimate of drug-likeness (QED) is 0.733. The van der Waals surface area contributed by atoms with Gasteiger partial charge in [0.05, 0.1) is 6.54 Å². The van der Waals surface area contributed by atoms with Crippen LogP contribution in [0.1, 0.15) is 30.7 Å². The van der Waals surface area contributed by atoms with Gasteiger partial charge in [0.25, 0.3) is 0 Å². The van der Waals surface area contributed by atoms with Crippen molar-refractivity contribution in [2.75, 3.05) is 13.1 Å². The minimum atomic E-state index is -0.672. The van der Waals surface area contributed by atoms with Gasteiger partial charge in [0.15, 0.2) is 0 Å². The molecule has 0 N–H and O–H groups in total. The SMILES string of the molecule is O=C(C1CC1)N1CCC2(Cc3nn(Cc4ccc(F)cc4)c(=O)c(=O)n3C2)C1. The van der Waals surface area contributed by atoms with Crippen LogP contribution in [-0.2, 0) is 24.3 Å². The van der Waals surface area contributed by atoms with E-state index in [2.05, 4.69) is 5.10 Å². The van der Waals surface area contributed by atoms with Crippen molar-refractivity contribution in [2.24, 2.45) is 11.3 Å². The van der Waals surface area contributed by atoms with Crippen molar-refractivity contribution in [2.45, 2.75) is 38.8 Å². The molecule has 1 unspecified atom stereocenters. The predicted molar refractivity (Wildman–Crippen MR) is 98.3 cm³/mol. The summed E-state index contributed by atoms with van der Waals surface area (Å²) in [7, 11) is 0. The summed E-state index contributed by atoms with van der Waals surface area (Å²) >= 11 is 0. The summed E-state index contributed by atoms with van der Waals surface area (Å²) in [6.07, 6.45) is 3.36. The van der Waals surface area contributed by atoms with E-state index in [1.807, 2.05) is 4.90 Å². The molecule has 1 aromatic heterocycles. The molecule has 2 aromatic rings. The third-order valence-corrected chi connectivity index (χ3v) is 6.16. The van der Waals surface area contributed by atoms with Crippen molar-refractivity contribution in [3.05, 3.63) is 62.2 Å². The second-order valence-corrected chi connectivity index (χ2v) is 8.36. The molecule has 5 rings (SSSR count). The Hall–Kier alpha value is -2.77. The number of aromatic nitrogens is 3. The monoisotopic (exact) mass is 384 g/mol. The van der Waals surface area contributed by atoms with E-state index in [1.54, 1.807) is 12.1 Å². The summed E-state index contributed by atoms with van der Waals surface area (Å²) in [6.45, 7) is 1.89. The summed E-state index contributed by atoms with van der Waals surface area (Å²) < 4.78 is 15.7. The molecule has 146 valence electrons. The van der Waals surface area contributed by atoms with Crippen molar-refractivity contribution in [3.8, 4) is 0 Å². The van der Waals surface area contributed by atoms with Crippen LogP contribution in [0.4, 0.5) is 4.39 Å². The van der Waals surface area contributed by atoms with Crippen LogP contribution in [0.5, 0.6) is 0 Å². The first-order valence-electron chi connectivity index (χ1n) is 9.68. The van der Waals surface area contributed by atoms with Crippen molar-refractivity contribution >= 4 is 5.91 Å². The van der Waals surface area contributed by atoms with Crippen LogP contribution in [0.3, 0.4) is 0 Å². The summed E-state index contributed by atoms with van der Waals surface area (Å²) in [5, 5.41) is 4.44. The van der Waals surface area contributed by atoms with Gasteiger partial charge in [0, 0.05) is 37.4 Å². The van der Waals surface area contributed by atoms with Crippen molar-refractivity contribution in [1.29, 1.82) is 0 Å². The molecular weight excluding hydrogens is 363 g/mol. The van der Waals surface area contributed by atoms with Gasteiger partial charge in [0.1, 0.15) is 11.6 Å². The van der Waals surface area contributed by atoms with Gasteiger partial charge >= 0.3 is 11.1 Å². The Morgan fingerprint density at radius 2 is 1.89 bits per heavy atom. The molecular formula is C20H21FN4O3. The predicted octanol–water partition coefficient (Wildman–Crippen LogP) is 0.777. The molecule has 0 bridgehead atoms. The number of amides is 1. The van der Waals surface area contributed by atoms with E-state index in [9.17, 15) is 18.8 Å². The summed E-state index contributed by atoms with van der Waals surface area (Å²) in [4.78, 5) is 39.4. The lowest BCUT2D eigenvalue weighted by Crippen LogP contribution is -2.43. The normalized spacial score (nSPS) is 23.4. The van der Waals surface area contributed by atoms with Gasteiger partial charge in [-0.05, 0) is 37.0 Å². The van der Waals surface area contributed by atoms with E-state index in [1.165, 1.54) is 21.4 Å². The number of likely N-dealkylation sites (tertiary alicyclic amines) is 1. The third kappa shape index (κ3) is 2.87.